The lowest BCUT2D eigenvalue weighted by atomic mass is 9.99. The molecule has 0 spiro atoms. The Morgan fingerprint density at radius 3 is 2.89 bits per heavy atom. The highest BCUT2D eigenvalue weighted by Gasteiger charge is 2.29. The highest BCUT2D eigenvalue weighted by Crippen LogP contribution is 2.38. The van der Waals surface area contributed by atoms with E-state index >= 15 is 0 Å². The van der Waals surface area contributed by atoms with Crippen LogP contribution in [0.1, 0.15) is 43.5 Å². The highest BCUT2D eigenvalue weighted by molar-refractivity contribution is 6.15. The summed E-state index contributed by atoms with van der Waals surface area (Å²) in [6.45, 7) is 4.73. The molecule has 1 saturated heterocycles. The van der Waals surface area contributed by atoms with Gasteiger partial charge in [-0.2, -0.15) is 10.1 Å². The van der Waals surface area contributed by atoms with E-state index in [9.17, 15) is 4.79 Å². The average Bonchev–Trinajstić information content (AvgIpc) is 3.44. The lowest BCUT2D eigenvalue weighted by Gasteiger charge is -2.30. The second-order valence-corrected chi connectivity index (χ2v) is 9.07. The van der Waals surface area contributed by atoms with Gasteiger partial charge in [-0.05, 0) is 49.4 Å². The Kier molecular flexibility index (Phi) is 6.02. The summed E-state index contributed by atoms with van der Waals surface area (Å²) in [4.78, 5) is 18.0. The Balaban J connectivity index is 1.85. The first-order chi connectivity index (χ1) is 16.9. The molecule has 0 bridgehead atoms. The van der Waals surface area contributed by atoms with Crippen LogP contribution in [0.4, 0.5) is 0 Å². The molecule has 3 aromatic heterocycles. The minimum atomic E-state index is -0.343. The largest absolute Gasteiger partial charge is 0.452 e. The Morgan fingerprint density at radius 2 is 2.20 bits per heavy atom. The number of fused-ring (bicyclic) bond motifs is 3. The van der Waals surface area contributed by atoms with Crippen molar-refractivity contribution in [2.24, 2.45) is 7.05 Å². The van der Waals surface area contributed by atoms with Gasteiger partial charge in [0.25, 0.3) is 0 Å². The van der Waals surface area contributed by atoms with E-state index in [2.05, 4.69) is 28.4 Å². The first-order valence-corrected chi connectivity index (χ1v) is 11.9. The van der Waals surface area contributed by atoms with E-state index in [0.717, 1.165) is 41.3 Å². The van der Waals surface area contributed by atoms with Crippen molar-refractivity contribution in [1.29, 1.82) is 5.41 Å². The number of ether oxygens (including phenoxy) is 1. The van der Waals surface area contributed by atoms with Crippen LogP contribution in [0, 0.1) is 12.3 Å². The number of nitrogens with zero attached hydrogens (tertiary/aromatic N) is 4. The molecule has 1 fully saturated rings. The molecular weight excluding hydrogens is 444 g/mol. The van der Waals surface area contributed by atoms with Gasteiger partial charge in [0.1, 0.15) is 16.8 Å². The fraction of sp³-hybridized carbons (Fsp3) is 0.385. The van der Waals surface area contributed by atoms with Gasteiger partial charge in [-0.15, -0.1) is 0 Å². The van der Waals surface area contributed by atoms with Crippen LogP contribution in [0.2, 0.25) is 0 Å². The Labute approximate surface area is 202 Å². The summed E-state index contributed by atoms with van der Waals surface area (Å²) >= 11 is 0. The smallest absolute Gasteiger partial charge is 0.349 e. The number of hydrogen-bond donors (Lipinski definition) is 2. The van der Waals surface area contributed by atoms with Crippen molar-refractivity contribution in [2.75, 3.05) is 13.7 Å². The van der Waals surface area contributed by atoms with Crippen LogP contribution < -0.4 is 11.0 Å². The lowest BCUT2D eigenvalue weighted by Crippen LogP contribution is -2.34. The van der Waals surface area contributed by atoms with E-state index in [-0.39, 0.29) is 17.8 Å². The summed E-state index contributed by atoms with van der Waals surface area (Å²) in [5.41, 5.74) is 5.47. The number of allylic oxidation sites excluding steroid dienone is 1. The summed E-state index contributed by atoms with van der Waals surface area (Å²) < 4.78 is 15.8. The van der Waals surface area contributed by atoms with Gasteiger partial charge >= 0.3 is 5.69 Å². The zero-order valence-electron chi connectivity index (χ0n) is 20.5. The summed E-state index contributed by atoms with van der Waals surface area (Å²) in [7, 11) is 3.64. The zero-order valence-corrected chi connectivity index (χ0v) is 20.5. The molecule has 9 heteroatoms. The molecule has 1 aromatic carbocycles. The molecule has 0 unspecified atom stereocenters. The molecule has 0 amide bonds. The molecule has 35 heavy (non-hydrogen) atoms. The van der Waals surface area contributed by atoms with E-state index in [1.807, 2.05) is 32.4 Å². The SMILES string of the molecule is CC[C@H]1C[C@@H](n2c(=O)nc(/C(C=N)=C/NC)c3oc4cc(C)c(-c5cnn(C)c5)cc4c32)CCO1. The molecule has 4 heterocycles. The van der Waals surface area contributed by atoms with Crippen LogP contribution in [0.5, 0.6) is 0 Å². The van der Waals surface area contributed by atoms with Gasteiger partial charge in [-0.1, -0.05) is 6.92 Å². The minimum absolute atomic E-state index is 0.0501. The van der Waals surface area contributed by atoms with Crippen molar-refractivity contribution >= 4 is 33.9 Å². The summed E-state index contributed by atoms with van der Waals surface area (Å²) in [6.07, 6.45) is 9.10. The number of hydrogen-bond acceptors (Lipinski definition) is 7. The van der Waals surface area contributed by atoms with E-state index in [0.29, 0.717) is 34.6 Å². The third kappa shape index (κ3) is 3.95. The van der Waals surface area contributed by atoms with Crippen LogP contribution in [-0.4, -0.2) is 45.3 Å². The third-order valence-electron chi connectivity index (χ3n) is 6.78. The van der Waals surface area contributed by atoms with Crippen LogP contribution in [0.3, 0.4) is 0 Å². The molecule has 1 aliphatic rings. The lowest BCUT2D eigenvalue weighted by molar-refractivity contribution is -0.00711. The van der Waals surface area contributed by atoms with E-state index in [1.165, 1.54) is 6.21 Å². The maximum atomic E-state index is 13.6. The molecule has 4 aromatic rings. The predicted octanol–water partition coefficient (Wildman–Crippen LogP) is 4.19. The van der Waals surface area contributed by atoms with Gasteiger partial charge in [-0.25, -0.2) is 4.79 Å². The van der Waals surface area contributed by atoms with Gasteiger partial charge in [-0.3, -0.25) is 9.25 Å². The summed E-state index contributed by atoms with van der Waals surface area (Å²) in [5.74, 6) is 0. The van der Waals surface area contributed by atoms with Gasteiger partial charge < -0.3 is 19.9 Å². The fourth-order valence-electron chi connectivity index (χ4n) is 5.05. The predicted molar refractivity (Wildman–Crippen MR) is 137 cm³/mol. The van der Waals surface area contributed by atoms with Crippen molar-refractivity contribution in [2.45, 2.75) is 45.3 Å². The number of benzene rings is 1. The van der Waals surface area contributed by atoms with Crippen molar-refractivity contribution in [3.8, 4) is 11.1 Å². The van der Waals surface area contributed by atoms with Crippen molar-refractivity contribution < 1.29 is 9.15 Å². The van der Waals surface area contributed by atoms with Crippen molar-refractivity contribution in [3.05, 3.63) is 52.5 Å². The molecule has 2 N–H and O–H groups in total. The monoisotopic (exact) mass is 474 g/mol. The standard InChI is InChI=1S/C26H30N6O3/c1-5-19-9-18(6-7-34-19)32-24-21-10-20(17-13-29-31(4)14-17)15(2)8-22(21)35-25(24)23(30-26(32)33)16(11-27)12-28-3/h8,10-14,18-19,27-28H,5-7,9H2,1-4H3/b16-12+,27-11?/t18-,19-/m0/s1. The number of rotatable bonds is 6. The molecule has 0 saturated carbocycles. The number of furan rings is 1. The van der Waals surface area contributed by atoms with Crippen molar-refractivity contribution in [3.63, 3.8) is 0 Å². The molecule has 182 valence electrons. The highest BCUT2D eigenvalue weighted by atomic mass is 16.5. The van der Waals surface area contributed by atoms with E-state index in [4.69, 9.17) is 14.6 Å². The van der Waals surface area contributed by atoms with E-state index < -0.39 is 0 Å². The Hall–Kier alpha value is -3.72. The second kappa shape index (κ2) is 9.14. The molecule has 9 nitrogen and oxygen atoms in total. The molecule has 5 rings (SSSR count). The molecule has 2 atom stereocenters. The van der Waals surface area contributed by atoms with Crippen molar-refractivity contribution in [1.82, 2.24) is 24.6 Å². The zero-order chi connectivity index (χ0) is 24.7. The van der Waals surface area contributed by atoms with E-state index in [1.54, 1.807) is 22.5 Å². The number of aromatic nitrogens is 4. The normalized spacial score (nSPS) is 18.9. The second-order valence-electron chi connectivity index (χ2n) is 9.07. The van der Waals surface area contributed by atoms with Crippen LogP contribution in [0.15, 0.2) is 39.9 Å². The summed E-state index contributed by atoms with van der Waals surface area (Å²) in [5, 5.41) is 16.0. The van der Waals surface area contributed by atoms with Gasteiger partial charge in [0.2, 0.25) is 0 Å². The molecular formula is C26H30N6O3. The quantitative estimate of drug-likeness (QED) is 0.405. The first kappa shape index (κ1) is 23.0. The summed E-state index contributed by atoms with van der Waals surface area (Å²) in [6, 6.07) is 4.03. The first-order valence-electron chi connectivity index (χ1n) is 11.9. The number of nitrogens with one attached hydrogen (secondary N) is 2. The van der Waals surface area contributed by atoms with Gasteiger partial charge in [0.05, 0.1) is 12.3 Å². The molecule has 0 radical (unpaired) electrons. The Morgan fingerprint density at radius 1 is 1.37 bits per heavy atom. The van der Waals surface area contributed by atoms with Crippen LogP contribution >= 0.6 is 0 Å². The van der Waals surface area contributed by atoms with Gasteiger partial charge in [0.15, 0.2) is 5.58 Å². The fourth-order valence-corrected chi connectivity index (χ4v) is 5.05. The average molecular weight is 475 g/mol. The minimum Gasteiger partial charge on any atom is -0.452 e. The Bertz CT molecular complexity index is 1510. The molecule has 0 aliphatic carbocycles. The third-order valence-corrected chi connectivity index (χ3v) is 6.78. The molecule has 1 aliphatic heterocycles. The maximum absolute atomic E-state index is 13.6. The van der Waals surface area contributed by atoms with Crippen LogP contribution in [0.25, 0.3) is 38.8 Å². The maximum Gasteiger partial charge on any atom is 0.349 e. The van der Waals surface area contributed by atoms with Gasteiger partial charge in [0, 0.05) is 61.9 Å². The number of aryl methyl sites for hydroxylation is 2. The van der Waals surface area contributed by atoms with Crippen LogP contribution in [-0.2, 0) is 11.8 Å². The topological polar surface area (TPSA) is 111 Å².